The zero-order chi connectivity index (χ0) is 16.1. The van der Waals surface area contributed by atoms with E-state index in [1.807, 2.05) is 36.4 Å². The predicted molar refractivity (Wildman–Crippen MR) is 83.4 cm³/mol. The molecular weight excluding hydrogens is 294 g/mol. The lowest BCUT2D eigenvalue weighted by Crippen LogP contribution is -2.39. The molecule has 1 aromatic heterocycles. The molecular formula is C18H19NO4. The van der Waals surface area contributed by atoms with Crippen LogP contribution in [0.15, 0.2) is 53.1 Å². The van der Waals surface area contributed by atoms with Gasteiger partial charge in [-0.1, -0.05) is 30.3 Å². The first kappa shape index (κ1) is 15.3. The molecule has 1 atom stereocenters. The number of nitrogens with zero attached hydrogens (tertiary/aromatic N) is 1. The molecule has 1 aliphatic rings. The molecule has 0 spiro atoms. The second-order valence-corrected chi connectivity index (χ2v) is 5.59. The summed E-state index contributed by atoms with van der Waals surface area (Å²) in [6, 6.07) is 13.6. The number of hydrogen-bond donors (Lipinski definition) is 0. The quantitative estimate of drug-likeness (QED) is 0.769. The van der Waals surface area contributed by atoms with Crippen LogP contribution in [0.1, 0.15) is 24.2 Å². The number of hydrogen-bond acceptors (Lipinski definition) is 4. The maximum Gasteiger partial charge on any atom is 0.306 e. The molecule has 0 aliphatic carbocycles. The first-order valence-electron chi connectivity index (χ1n) is 7.77. The number of furan rings is 1. The third-order valence-electron chi connectivity index (χ3n) is 3.91. The van der Waals surface area contributed by atoms with Crippen LogP contribution >= 0.6 is 0 Å². The highest BCUT2D eigenvalue weighted by Gasteiger charge is 2.33. The Labute approximate surface area is 134 Å². The summed E-state index contributed by atoms with van der Waals surface area (Å²) in [5.41, 5.74) is 1.16. The van der Waals surface area contributed by atoms with Crippen LogP contribution in [0.2, 0.25) is 0 Å². The Morgan fingerprint density at radius 1 is 1.17 bits per heavy atom. The summed E-state index contributed by atoms with van der Waals surface area (Å²) < 4.78 is 10.5. The number of amides is 1. The molecule has 1 amide bonds. The Bertz CT molecular complexity index is 651. The zero-order valence-corrected chi connectivity index (χ0v) is 12.8. The molecule has 0 unspecified atom stereocenters. The number of carbonyl (C=O) groups excluding carboxylic acids is 2. The van der Waals surface area contributed by atoms with Crippen LogP contribution in [0.25, 0.3) is 0 Å². The van der Waals surface area contributed by atoms with E-state index in [9.17, 15) is 9.59 Å². The number of benzene rings is 1. The summed E-state index contributed by atoms with van der Waals surface area (Å²) in [4.78, 5) is 25.6. The van der Waals surface area contributed by atoms with E-state index in [1.165, 1.54) is 0 Å². The molecule has 2 heterocycles. The van der Waals surface area contributed by atoms with Crippen molar-refractivity contribution in [3.05, 3.63) is 60.1 Å². The highest BCUT2D eigenvalue weighted by Crippen LogP contribution is 2.18. The van der Waals surface area contributed by atoms with Crippen LogP contribution in [0.5, 0.6) is 0 Å². The SMILES string of the molecule is O=C1CC[C@@H](C(=O)N(CCc2ccccc2)Cc2ccco2)O1. The Morgan fingerprint density at radius 3 is 2.65 bits per heavy atom. The van der Waals surface area contributed by atoms with Gasteiger partial charge in [0.05, 0.1) is 12.8 Å². The summed E-state index contributed by atoms with van der Waals surface area (Å²) in [6.07, 6.45) is 2.44. The van der Waals surface area contributed by atoms with Crippen molar-refractivity contribution in [1.29, 1.82) is 0 Å². The van der Waals surface area contributed by atoms with Gasteiger partial charge >= 0.3 is 5.97 Å². The topological polar surface area (TPSA) is 59.8 Å². The molecule has 5 heteroatoms. The molecule has 1 fully saturated rings. The lowest BCUT2D eigenvalue weighted by Gasteiger charge is -2.24. The third kappa shape index (κ3) is 4.00. The monoisotopic (exact) mass is 313 g/mol. The highest BCUT2D eigenvalue weighted by atomic mass is 16.6. The first-order chi connectivity index (χ1) is 11.2. The van der Waals surface area contributed by atoms with Crippen molar-refractivity contribution in [3.8, 4) is 0 Å². The molecule has 1 saturated heterocycles. The molecule has 5 nitrogen and oxygen atoms in total. The fourth-order valence-electron chi connectivity index (χ4n) is 2.67. The fourth-order valence-corrected chi connectivity index (χ4v) is 2.67. The van der Waals surface area contributed by atoms with Crippen molar-refractivity contribution in [2.45, 2.75) is 31.9 Å². The van der Waals surface area contributed by atoms with Crippen molar-refractivity contribution in [2.75, 3.05) is 6.54 Å². The lowest BCUT2D eigenvalue weighted by molar-refractivity contribution is -0.153. The molecule has 120 valence electrons. The van der Waals surface area contributed by atoms with Crippen LogP contribution < -0.4 is 0 Å². The molecule has 23 heavy (non-hydrogen) atoms. The maximum atomic E-state index is 12.6. The minimum atomic E-state index is -0.659. The van der Waals surface area contributed by atoms with E-state index in [1.54, 1.807) is 17.2 Å². The van der Waals surface area contributed by atoms with Gasteiger partial charge in [0.2, 0.25) is 0 Å². The van der Waals surface area contributed by atoms with Crippen molar-refractivity contribution >= 4 is 11.9 Å². The van der Waals surface area contributed by atoms with Gasteiger partial charge in [-0.2, -0.15) is 0 Å². The molecule has 0 bridgehead atoms. The number of cyclic esters (lactones) is 1. The number of ether oxygens (including phenoxy) is 1. The zero-order valence-electron chi connectivity index (χ0n) is 12.8. The van der Waals surface area contributed by atoms with E-state index >= 15 is 0 Å². The smallest absolute Gasteiger partial charge is 0.306 e. The van der Waals surface area contributed by atoms with Gasteiger partial charge in [-0.05, 0) is 24.1 Å². The van der Waals surface area contributed by atoms with Crippen LogP contribution in [0.4, 0.5) is 0 Å². The van der Waals surface area contributed by atoms with Crippen LogP contribution in [0, 0.1) is 0 Å². The van der Waals surface area contributed by atoms with Crippen molar-refractivity contribution in [1.82, 2.24) is 4.90 Å². The molecule has 1 aromatic carbocycles. The van der Waals surface area contributed by atoms with Gasteiger partial charge in [-0.25, -0.2) is 0 Å². The molecule has 0 saturated carbocycles. The van der Waals surface area contributed by atoms with Crippen molar-refractivity contribution in [3.63, 3.8) is 0 Å². The van der Waals surface area contributed by atoms with E-state index < -0.39 is 6.10 Å². The minimum Gasteiger partial charge on any atom is -0.467 e. The largest absolute Gasteiger partial charge is 0.467 e. The molecule has 0 N–H and O–H groups in total. The highest BCUT2D eigenvalue weighted by molar-refractivity contribution is 5.86. The normalized spacial score (nSPS) is 17.0. The molecule has 3 rings (SSSR count). The third-order valence-corrected chi connectivity index (χ3v) is 3.91. The lowest BCUT2D eigenvalue weighted by atomic mass is 10.1. The molecule has 0 radical (unpaired) electrons. The van der Waals surface area contributed by atoms with Crippen molar-refractivity contribution in [2.24, 2.45) is 0 Å². The van der Waals surface area contributed by atoms with E-state index in [0.717, 1.165) is 17.7 Å². The Kier molecular flexibility index (Phi) is 4.76. The second kappa shape index (κ2) is 7.13. The van der Waals surface area contributed by atoms with Crippen molar-refractivity contribution < 1.29 is 18.7 Å². The number of esters is 1. The number of carbonyl (C=O) groups is 2. The maximum absolute atomic E-state index is 12.6. The van der Waals surface area contributed by atoms with Gasteiger partial charge in [0.25, 0.3) is 5.91 Å². The van der Waals surface area contributed by atoms with E-state index in [0.29, 0.717) is 25.9 Å². The van der Waals surface area contributed by atoms with Gasteiger partial charge < -0.3 is 14.1 Å². The summed E-state index contributed by atoms with van der Waals surface area (Å²) >= 11 is 0. The summed E-state index contributed by atoms with van der Waals surface area (Å²) in [7, 11) is 0. The predicted octanol–water partition coefficient (Wildman–Crippen LogP) is 2.56. The Morgan fingerprint density at radius 2 is 2.00 bits per heavy atom. The van der Waals surface area contributed by atoms with E-state index in [2.05, 4.69) is 0 Å². The Hall–Kier alpha value is -2.56. The minimum absolute atomic E-state index is 0.150. The second-order valence-electron chi connectivity index (χ2n) is 5.59. The average Bonchev–Trinajstić information content (AvgIpc) is 3.23. The van der Waals surface area contributed by atoms with Gasteiger partial charge in [0.1, 0.15) is 5.76 Å². The summed E-state index contributed by atoms with van der Waals surface area (Å²) in [5, 5.41) is 0. The van der Waals surface area contributed by atoms with Gasteiger partial charge in [0.15, 0.2) is 6.10 Å². The molecule has 1 aliphatic heterocycles. The summed E-state index contributed by atoms with van der Waals surface area (Å²) in [5.74, 6) is 0.267. The van der Waals surface area contributed by atoms with E-state index in [-0.39, 0.29) is 11.9 Å². The van der Waals surface area contributed by atoms with Gasteiger partial charge in [-0.15, -0.1) is 0 Å². The van der Waals surface area contributed by atoms with Gasteiger partial charge in [0, 0.05) is 19.4 Å². The summed E-state index contributed by atoms with van der Waals surface area (Å²) in [6.45, 7) is 0.935. The van der Waals surface area contributed by atoms with Crippen LogP contribution in [-0.4, -0.2) is 29.4 Å². The standard InChI is InChI=1S/C18H19NO4/c20-17-9-8-16(23-17)18(21)19(13-15-7-4-12-22-15)11-10-14-5-2-1-3-6-14/h1-7,12,16H,8-11,13H2/t16-/m0/s1. The fraction of sp³-hybridized carbons (Fsp3) is 0.333. The van der Waals surface area contributed by atoms with E-state index in [4.69, 9.17) is 9.15 Å². The Balaban J connectivity index is 1.68. The number of rotatable bonds is 6. The van der Waals surface area contributed by atoms with Crippen LogP contribution in [0.3, 0.4) is 0 Å². The molecule has 2 aromatic rings. The first-order valence-corrected chi connectivity index (χ1v) is 7.77. The van der Waals surface area contributed by atoms with Gasteiger partial charge in [-0.3, -0.25) is 9.59 Å². The average molecular weight is 313 g/mol. The van der Waals surface area contributed by atoms with Crippen LogP contribution in [-0.2, 0) is 27.3 Å².